The van der Waals surface area contributed by atoms with Gasteiger partial charge in [0, 0.05) is 12.6 Å². The van der Waals surface area contributed by atoms with Gasteiger partial charge in [-0.1, -0.05) is 18.2 Å². The normalized spacial score (nSPS) is 11.4. The molecule has 0 spiro atoms. The monoisotopic (exact) mass is 435 g/mol. The van der Waals surface area contributed by atoms with Crippen LogP contribution in [0.15, 0.2) is 36.4 Å². The quantitative estimate of drug-likeness (QED) is 0.586. The molecule has 0 aliphatic carbocycles. The number of amides is 1. The Bertz CT molecular complexity index is 1120. The highest BCUT2D eigenvalue weighted by atomic mass is 19.4. The Hall–Kier alpha value is -3.56. The minimum atomic E-state index is -4.61. The van der Waals surface area contributed by atoms with E-state index in [0.717, 1.165) is 0 Å². The maximum Gasteiger partial charge on any atom is 0.422 e. The zero-order valence-electron chi connectivity index (χ0n) is 17.0. The van der Waals surface area contributed by atoms with Crippen LogP contribution in [0.2, 0.25) is 0 Å². The van der Waals surface area contributed by atoms with E-state index in [0.29, 0.717) is 11.3 Å². The van der Waals surface area contributed by atoms with Crippen LogP contribution in [0.5, 0.6) is 5.75 Å². The van der Waals surface area contributed by atoms with Crippen molar-refractivity contribution in [2.75, 3.05) is 18.5 Å². The first kappa shape index (κ1) is 22.1. The highest BCUT2D eigenvalue weighted by Gasteiger charge is 2.32. The number of pyridine rings is 1. The van der Waals surface area contributed by atoms with E-state index in [1.807, 2.05) is 0 Å². The minimum Gasteiger partial charge on any atom is -0.481 e. The summed E-state index contributed by atoms with van der Waals surface area (Å²) in [6, 6.07) is 9.85. The van der Waals surface area contributed by atoms with E-state index in [-0.39, 0.29) is 34.8 Å². The smallest absolute Gasteiger partial charge is 0.422 e. The van der Waals surface area contributed by atoms with Crippen molar-refractivity contribution >= 4 is 28.6 Å². The predicted molar refractivity (Wildman–Crippen MR) is 107 cm³/mol. The van der Waals surface area contributed by atoms with E-state index >= 15 is 0 Å². The van der Waals surface area contributed by atoms with Gasteiger partial charge in [0.05, 0.1) is 23.4 Å². The van der Waals surface area contributed by atoms with Crippen molar-refractivity contribution in [3.63, 3.8) is 0 Å². The van der Waals surface area contributed by atoms with Gasteiger partial charge >= 0.3 is 12.1 Å². The number of carbonyl (C=O) groups is 2. The lowest BCUT2D eigenvalue weighted by molar-refractivity contribution is -0.153. The van der Waals surface area contributed by atoms with E-state index in [1.165, 1.54) is 17.7 Å². The molecule has 0 aliphatic heterocycles. The van der Waals surface area contributed by atoms with Crippen molar-refractivity contribution in [3.05, 3.63) is 53.3 Å². The van der Waals surface area contributed by atoms with Gasteiger partial charge in [0.2, 0.25) is 0 Å². The first-order valence-electron chi connectivity index (χ1n) is 9.35. The summed E-state index contributed by atoms with van der Waals surface area (Å²) in [7, 11) is 1.48. The van der Waals surface area contributed by atoms with Crippen molar-refractivity contribution in [1.82, 2.24) is 9.55 Å². The molecule has 3 rings (SSSR count). The Morgan fingerprint density at radius 3 is 2.48 bits per heavy atom. The average Bonchev–Trinajstić information content (AvgIpc) is 2.98. The van der Waals surface area contributed by atoms with E-state index < -0.39 is 24.7 Å². The fourth-order valence-electron chi connectivity index (χ4n) is 3.04. The number of benzene rings is 1. The lowest BCUT2D eigenvalue weighted by Gasteiger charge is -2.11. The summed E-state index contributed by atoms with van der Waals surface area (Å²) >= 11 is 0. The number of aromatic nitrogens is 2. The Morgan fingerprint density at radius 2 is 1.87 bits per heavy atom. The lowest BCUT2D eigenvalue weighted by atomic mass is 10.2. The third-order valence-corrected chi connectivity index (χ3v) is 4.44. The van der Waals surface area contributed by atoms with Crippen molar-refractivity contribution in [2.24, 2.45) is 7.05 Å². The second kappa shape index (κ2) is 8.66. The number of anilines is 1. The van der Waals surface area contributed by atoms with Crippen LogP contribution >= 0.6 is 0 Å². The Balaban J connectivity index is 2.10. The molecule has 0 radical (unpaired) electrons. The number of nitrogens with one attached hydrogen (secondary N) is 1. The van der Waals surface area contributed by atoms with E-state index in [1.54, 1.807) is 44.2 Å². The number of ether oxygens (including phenoxy) is 2. The van der Waals surface area contributed by atoms with E-state index in [4.69, 9.17) is 9.47 Å². The van der Waals surface area contributed by atoms with Gasteiger partial charge < -0.3 is 19.4 Å². The van der Waals surface area contributed by atoms with Crippen LogP contribution < -0.4 is 10.1 Å². The number of hydrogen-bond acceptors (Lipinski definition) is 5. The first-order chi connectivity index (χ1) is 14.6. The molecule has 2 aromatic heterocycles. The van der Waals surface area contributed by atoms with Gasteiger partial charge in [0.25, 0.3) is 5.91 Å². The summed E-state index contributed by atoms with van der Waals surface area (Å²) in [5.41, 5.74) is 1.11. The number of alkyl halides is 3. The lowest BCUT2D eigenvalue weighted by Crippen LogP contribution is -2.20. The van der Waals surface area contributed by atoms with Crippen LogP contribution in [0.25, 0.3) is 11.0 Å². The number of aryl methyl sites for hydroxylation is 2. The maximum atomic E-state index is 12.8. The van der Waals surface area contributed by atoms with Crippen LogP contribution in [-0.2, 0) is 11.8 Å². The van der Waals surface area contributed by atoms with Crippen LogP contribution in [0.3, 0.4) is 0 Å². The van der Waals surface area contributed by atoms with E-state index in [9.17, 15) is 22.8 Å². The Morgan fingerprint density at radius 1 is 1.19 bits per heavy atom. The molecular weight excluding hydrogens is 415 g/mol. The van der Waals surface area contributed by atoms with Gasteiger partial charge in [-0.05, 0) is 32.0 Å². The van der Waals surface area contributed by atoms with Crippen LogP contribution in [0.1, 0.15) is 33.5 Å². The molecule has 0 bridgehead atoms. The molecule has 0 aliphatic rings. The molecule has 7 nitrogen and oxygen atoms in total. The molecule has 0 unspecified atom stereocenters. The standard InChI is InChI=1S/C21H20F3N3O4/c1-4-30-20(29)16-17(31-11-21(22,23)24)14-10-15(12(2)25-18(14)27(16)3)26-19(28)13-8-6-5-7-9-13/h5-10H,4,11H2,1-3H3,(H,26,28). The summed E-state index contributed by atoms with van der Waals surface area (Å²) < 4.78 is 49.7. The summed E-state index contributed by atoms with van der Waals surface area (Å²) in [5, 5.41) is 2.84. The van der Waals surface area contributed by atoms with Crippen molar-refractivity contribution in [1.29, 1.82) is 0 Å². The van der Waals surface area contributed by atoms with Crippen molar-refractivity contribution in [2.45, 2.75) is 20.0 Å². The molecule has 1 amide bonds. The minimum absolute atomic E-state index is 0.0317. The largest absolute Gasteiger partial charge is 0.481 e. The second-order valence-corrected chi connectivity index (χ2v) is 6.67. The third kappa shape index (κ3) is 4.79. The average molecular weight is 435 g/mol. The molecule has 0 saturated heterocycles. The highest BCUT2D eigenvalue weighted by molar-refractivity contribution is 6.06. The SMILES string of the molecule is CCOC(=O)c1c(OCC(F)(F)F)c2cc(NC(=O)c3ccccc3)c(C)nc2n1C. The van der Waals surface area contributed by atoms with Crippen molar-refractivity contribution < 1.29 is 32.2 Å². The number of esters is 1. The summed E-state index contributed by atoms with van der Waals surface area (Å²) in [6.45, 7) is 1.64. The van der Waals surface area contributed by atoms with Gasteiger partial charge in [0.1, 0.15) is 5.65 Å². The summed E-state index contributed by atoms with van der Waals surface area (Å²) in [5.74, 6) is -1.56. The number of rotatable bonds is 6. The molecule has 0 atom stereocenters. The van der Waals surface area contributed by atoms with Gasteiger partial charge in [-0.2, -0.15) is 13.2 Å². The molecule has 1 N–H and O–H groups in total. The molecule has 0 saturated carbocycles. The summed E-state index contributed by atoms with van der Waals surface area (Å²) in [4.78, 5) is 29.3. The molecule has 10 heteroatoms. The van der Waals surface area contributed by atoms with Crippen LogP contribution in [-0.4, -0.2) is 40.8 Å². The molecule has 0 fully saturated rings. The summed E-state index contributed by atoms with van der Waals surface area (Å²) in [6.07, 6.45) is -4.61. The number of halogens is 3. The number of carbonyl (C=O) groups excluding carboxylic acids is 2. The van der Waals surface area contributed by atoms with Crippen LogP contribution in [0.4, 0.5) is 18.9 Å². The second-order valence-electron chi connectivity index (χ2n) is 6.67. The number of fused-ring (bicyclic) bond motifs is 1. The highest BCUT2D eigenvalue weighted by Crippen LogP contribution is 2.36. The maximum absolute atomic E-state index is 12.8. The predicted octanol–water partition coefficient (Wildman–Crippen LogP) is 4.25. The van der Waals surface area contributed by atoms with Crippen molar-refractivity contribution in [3.8, 4) is 5.75 Å². The van der Waals surface area contributed by atoms with Gasteiger partial charge in [-0.25, -0.2) is 9.78 Å². The molecule has 1 aromatic carbocycles. The van der Waals surface area contributed by atoms with Gasteiger partial charge in [0.15, 0.2) is 18.1 Å². The Kier molecular flexibility index (Phi) is 6.19. The fraction of sp³-hybridized carbons (Fsp3) is 0.286. The molecule has 2 heterocycles. The van der Waals surface area contributed by atoms with E-state index in [2.05, 4.69) is 10.3 Å². The first-order valence-corrected chi connectivity index (χ1v) is 9.35. The molecular formula is C21H20F3N3O4. The zero-order valence-corrected chi connectivity index (χ0v) is 17.0. The third-order valence-electron chi connectivity index (χ3n) is 4.44. The van der Waals surface area contributed by atoms with Gasteiger partial charge in [-0.3, -0.25) is 4.79 Å². The molecule has 3 aromatic rings. The Labute approximate surface area is 175 Å². The number of nitrogens with zero attached hydrogens (tertiary/aromatic N) is 2. The number of hydrogen-bond donors (Lipinski definition) is 1. The molecule has 164 valence electrons. The zero-order chi connectivity index (χ0) is 22.8. The topological polar surface area (TPSA) is 82.4 Å². The van der Waals surface area contributed by atoms with Crippen LogP contribution in [0, 0.1) is 6.92 Å². The fourth-order valence-corrected chi connectivity index (χ4v) is 3.04. The van der Waals surface area contributed by atoms with Gasteiger partial charge in [-0.15, -0.1) is 0 Å². The molecule has 31 heavy (non-hydrogen) atoms.